The van der Waals surface area contributed by atoms with Crippen molar-refractivity contribution in [3.05, 3.63) is 29.3 Å². The van der Waals surface area contributed by atoms with Gasteiger partial charge in [-0.25, -0.2) is 0 Å². The van der Waals surface area contributed by atoms with Crippen molar-refractivity contribution in [3.63, 3.8) is 0 Å². The van der Waals surface area contributed by atoms with Gasteiger partial charge in [-0.05, 0) is 48.9 Å². The third kappa shape index (κ3) is 2.85. The molecule has 20 heavy (non-hydrogen) atoms. The molecule has 2 unspecified atom stereocenters. The van der Waals surface area contributed by atoms with Crippen LogP contribution in [0.1, 0.15) is 71.0 Å². The van der Waals surface area contributed by atoms with Crippen LogP contribution in [0.15, 0.2) is 18.2 Å². The van der Waals surface area contributed by atoms with E-state index in [1.54, 1.807) is 0 Å². The van der Waals surface area contributed by atoms with Crippen molar-refractivity contribution in [2.75, 3.05) is 6.54 Å². The average molecular weight is 275 g/mol. The molecular formula is C18H29NO. The van der Waals surface area contributed by atoms with Gasteiger partial charge in [0.05, 0.1) is 6.04 Å². The summed E-state index contributed by atoms with van der Waals surface area (Å²) in [7, 11) is 0. The Balaban J connectivity index is 2.32. The maximum atomic E-state index is 6.10. The molecule has 112 valence electrons. The lowest BCUT2D eigenvalue weighted by Crippen LogP contribution is -2.31. The first-order valence-electron chi connectivity index (χ1n) is 8.08. The van der Waals surface area contributed by atoms with Gasteiger partial charge in [-0.3, -0.25) is 0 Å². The molecule has 0 fully saturated rings. The van der Waals surface area contributed by atoms with Gasteiger partial charge in [0.1, 0.15) is 11.9 Å². The summed E-state index contributed by atoms with van der Waals surface area (Å²) < 4.78 is 6.10. The van der Waals surface area contributed by atoms with Crippen molar-refractivity contribution in [3.8, 4) is 5.75 Å². The fraction of sp³-hybridized carbons (Fsp3) is 0.667. The molecule has 1 heterocycles. The van der Waals surface area contributed by atoms with Crippen LogP contribution in [0.25, 0.3) is 0 Å². The maximum absolute atomic E-state index is 6.10. The van der Waals surface area contributed by atoms with E-state index < -0.39 is 0 Å². The quantitative estimate of drug-likeness (QED) is 0.820. The minimum atomic E-state index is 0.231. The molecule has 0 aromatic heterocycles. The van der Waals surface area contributed by atoms with Gasteiger partial charge in [0, 0.05) is 5.56 Å². The van der Waals surface area contributed by atoms with Crippen molar-refractivity contribution in [1.82, 2.24) is 5.32 Å². The number of ether oxygens (including phenoxy) is 1. The van der Waals surface area contributed by atoms with E-state index in [1.807, 2.05) is 0 Å². The first-order valence-corrected chi connectivity index (χ1v) is 8.08. The third-order valence-electron chi connectivity index (χ3n) is 4.68. The summed E-state index contributed by atoms with van der Waals surface area (Å²) in [6, 6.07) is 7.11. The Morgan fingerprint density at radius 1 is 1.20 bits per heavy atom. The molecule has 1 aromatic carbocycles. The van der Waals surface area contributed by atoms with Crippen LogP contribution >= 0.6 is 0 Å². The van der Waals surface area contributed by atoms with Crippen LogP contribution in [-0.2, 0) is 5.41 Å². The predicted octanol–water partition coefficient (Wildman–Crippen LogP) is 4.59. The summed E-state index contributed by atoms with van der Waals surface area (Å²) in [4.78, 5) is 0. The summed E-state index contributed by atoms with van der Waals surface area (Å²) >= 11 is 0. The third-order valence-corrected chi connectivity index (χ3v) is 4.68. The van der Waals surface area contributed by atoms with E-state index in [9.17, 15) is 0 Å². The molecule has 0 aliphatic carbocycles. The lowest BCUT2D eigenvalue weighted by Gasteiger charge is -2.24. The van der Waals surface area contributed by atoms with E-state index >= 15 is 0 Å². The monoisotopic (exact) mass is 275 g/mol. The molecule has 1 aromatic rings. The number of hydrogen-bond donors (Lipinski definition) is 1. The molecule has 1 aliphatic heterocycles. The standard InChI is InChI=1S/C18H29NO/c1-6-11-19-17-14-12-13(18(4,5)8-3)9-10-16(14)20-15(17)7-2/h9-10,12,15,17,19H,6-8,11H2,1-5H3. The van der Waals surface area contributed by atoms with Gasteiger partial charge in [0.15, 0.2) is 0 Å². The van der Waals surface area contributed by atoms with Crippen molar-refractivity contribution < 1.29 is 4.74 Å². The molecular weight excluding hydrogens is 246 g/mol. The molecule has 1 N–H and O–H groups in total. The largest absolute Gasteiger partial charge is 0.488 e. The highest BCUT2D eigenvalue weighted by Gasteiger charge is 2.33. The highest BCUT2D eigenvalue weighted by molar-refractivity contribution is 5.45. The zero-order valence-electron chi connectivity index (χ0n) is 13.6. The maximum Gasteiger partial charge on any atom is 0.124 e. The van der Waals surface area contributed by atoms with E-state index in [4.69, 9.17) is 4.74 Å². The topological polar surface area (TPSA) is 21.3 Å². The van der Waals surface area contributed by atoms with Crippen molar-refractivity contribution in [2.45, 2.75) is 71.4 Å². The van der Waals surface area contributed by atoms with E-state index in [1.165, 1.54) is 11.1 Å². The second-order valence-corrected chi connectivity index (χ2v) is 6.49. The first-order chi connectivity index (χ1) is 9.53. The normalized spacial score (nSPS) is 21.6. The molecule has 2 rings (SSSR count). The average Bonchev–Trinajstić information content (AvgIpc) is 2.81. The Bertz CT molecular complexity index is 453. The molecule has 0 saturated carbocycles. The van der Waals surface area contributed by atoms with Crippen LogP contribution in [0, 0.1) is 0 Å². The van der Waals surface area contributed by atoms with E-state index in [0.717, 1.165) is 31.6 Å². The second-order valence-electron chi connectivity index (χ2n) is 6.49. The van der Waals surface area contributed by atoms with Crippen LogP contribution in [0.4, 0.5) is 0 Å². The van der Waals surface area contributed by atoms with Crippen molar-refractivity contribution in [2.24, 2.45) is 0 Å². The molecule has 0 radical (unpaired) electrons. The Morgan fingerprint density at radius 3 is 2.55 bits per heavy atom. The highest BCUT2D eigenvalue weighted by Crippen LogP contribution is 2.40. The number of benzene rings is 1. The Morgan fingerprint density at radius 2 is 1.95 bits per heavy atom. The van der Waals surface area contributed by atoms with Gasteiger partial charge in [0.25, 0.3) is 0 Å². The SMILES string of the molecule is CCCNC1c2cc(C(C)(C)CC)ccc2OC1CC. The Hall–Kier alpha value is -1.02. The van der Waals surface area contributed by atoms with Gasteiger partial charge >= 0.3 is 0 Å². The van der Waals surface area contributed by atoms with Gasteiger partial charge in [-0.15, -0.1) is 0 Å². The molecule has 0 bridgehead atoms. The molecule has 2 nitrogen and oxygen atoms in total. The number of hydrogen-bond acceptors (Lipinski definition) is 2. The fourth-order valence-electron chi connectivity index (χ4n) is 2.82. The number of rotatable bonds is 6. The molecule has 0 spiro atoms. The van der Waals surface area contributed by atoms with E-state index in [2.05, 4.69) is 58.1 Å². The molecule has 0 saturated heterocycles. The minimum absolute atomic E-state index is 0.231. The van der Waals surface area contributed by atoms with Crippen LogP contribution in [0.3, 0.4) is 0 Å². The van der Waals surface area contributed by atoms with Gasteiger partial charge < -0.3 is 10.1 Å². The molecule has 2 atom stereocenters. The lowest BCUT2D eigenvalue weighted by molar-refractivity contribution is 0.185. The predicted molar refractivity (Wildman–Crippen MR) is 85.5 cm³/mol. The summed E-state index contributed by atoms with van der Waals surface area (Å²) in [6.07, 6.45) is 3.62. The zero-order chi connectivity index (χ0) is 14.8. The van der Waals surface area contributed by atoms with Crippen LogP contribution in [0.5, 0.6) is 5.75 Å². The number of nitrogens with one attached hydrogen (secondary N) is 1. The number of fused-ring (bicyclic) bond motifs is 1. The van der Waals surface area contributed by atoms with E-state index in [-0.39, 0.29) is 11.5 Å². The van der Waals surface area contributed by atoms with Gasteiger partial charge in [-0.2, -0.15) is 0 Å². The summed E-state index contributed by atoms with van der Waals surface area (Å²) in [5, 5.41) is 3.66. The van der Waals surface area contributed by atoms with Crippen LogP contribution < -0.4 is 10.1 Å². The minimum Gasteiger partial charge on any atom is -0.488 e. The molecule has 2 heteroatoms. The second kappa shape index (κ2) is 6.17. The van der Waals surface area contributed by atoms with Crippen LogP contribution in [0.2, 0.25) is 0 Å². The Labute approximate surface area is 123 Å². The summed E-state index contributed by atoms with van der Waals surface area (Å²) in [6.45, 7) is 12.3. The van der Waals surface area contributed by atoms with Gasteiger partial charge in [0.2, 0.25) is 0 Å². The Kier molecular flexibility index (Phi) is 4.74. The highest BCUT2D eigenvalue weighted by atomic mass is 16.5. The summed E-state index contributed by atoms with van der Waals surface area (Å²) in [5.41, 5.74) is 3.00. The first kappa shape index (κ1) is 15.4. The van der Waals surface area contributed by atoms with Crippen molar-refractivity contribution in [1.29, 1.82) is 0 Å². The summed E-state index contributed by atoms with van der Waals surface area (Å²) in [5.74, 6) is 1.07. The van der Waals surface area contributed by atoms with Crippen molar-refractivity contribution >= 4 is 0 Å². The lowest BCUT2D eigenvalue weighted by atomic mass is 9.81. The fourth-order valence-corrected chi connectivity index (χ4v) is 2.82. The van der Waals surface area contributed by atoms with E-state index in [0.29, 0.717) is 6.04 Å². The smallest absolute Gasteiger partial charge is 0.124 e. The molecule has 0 amide bonds. The van der Waals surface area contributed by atoms with Gasteiger partial charge in [-0.1, -0.05) is 40.7 Å². The zero-order valence-corrected chi connectivity index (χ0v) is 13.6. The molecule has 1 aliphatic rings. The van der Waals surface area contributed by atoms with Crippen LogP contribution in [-0.4, -0.2) is 12.6 Å².